The summed E-state index contributed by atoms with van der Waals surface area (Å²) in [6, 6.07) is 2.79. The molecule has 0 radical (unpaired) electrons. The van der Waals surface area contributed by atoms with Gasteiger partial charge in [-0.3, -0.25) is 0 Å². The molecule has 0 aliphatic rings. The van der Waals surface area contributed by atoms with Crippen molar-refractivity contribution in [1.82, 2.24) is 0 Å². The van der Waals surface area contributed by atoms with E-state index in [0.29, 0.717) is 17.7 Å². The van der Waals surface area contributed by atoms with Gasteiger partial charge in [0.2, 0.25) is 9.84 Å². The molecule has 0 saturated heterocycles. The minimum Gasteiger partial charge on any atom is -0.217 e. The van der Waals surface area contributed by atoms with Gasteiger partial charge in [-0.2, -0.15) is 39.5 Å². The number of rotatable bonds is 4. The first-order valence-corrected chi connectivity index (χ1v) is 8.25. The topological polar surface area (TPSA) is 34.1 Å². The van der Waals surface area contributed by atoms with E-state index in [4.69, 9.17) is 0 Å². The van der Waals surface area contributed by atoms with Crippen LogP contribution in [0.1, 0.15) is 26.3 Å². The van der Waals surface area contributed by atoms with Crippen molar-refractivity contribution in [3.8, 4) is 0 Å². The molecule has 1 aromatic rings. The van der Waals surface area contributed by atoms with Crippen LogP contribution in [0.4, 0.5) is 39.5 Å². The summed E-state index contributed by atoms with van der Waals surface area (Å²) in [7, 11) is -6.57. The zero-order chi connectivity index (χ0) is 21.0. The number of alkyl halides is 9. The first kappa shape index (κ1) is 22.6. The molecule has 0 N–H and O–H groups in total. The molecule has 0 aliphatic carbocycles. The summed E-state index contributed by atoms with van der Waals surface area (Å²) in [5.74, 6) is -14.5. The first-order chi connectivity index (χ1) is 11.2. The Balaban J connectivity index is 3.51. The van der Waals surface area contributed by atoms with E-state index in [0.717, 1.165) is 12.1 Å². The summed E-state index contributed by atoms with van der Waals surface area (Å²) in [5, 5.41) is -6.72. The maximum absolute atomic E-state index is 13.7. The Kier molecular flexibility index (Phi) is 5.24. The highest BCUT2D eigenvalue weighted by molar-refractivity contribution is 7.92. The molecule has 0 fully saturated rings. The summed E-state index contributed by atoms with van der Waals surface area (Å²) in [5.41, 5.74) is -0.218. The highest BCUT2D eigenvalue weighted by Crippen LogP contribution is 2.55. The van der Waals surface area contributed by atoms with Crippen molar-refractivity contribution in [3.63, 3.8) is 0 Å². The third kappa shape index (κ3) is 3.27. The summed E-state index contributed by atoms with van der Waals surface area (Å²) in [4.78, 5) is -1.52. The van der Waals surface area contributed by atoms with Gasteiger partial charge in [-0.15, -0.1) is 0 Å². The lowest BCUT2D eigenvalue weighted by atomic mass is 9.87. The molecule has 1 rings (SSSR count). The van der Waals surface area contributed by atoms with Crippen molar-refractivity contribution in [2.45, 2.75) is 54.4 Å². The molecule has 1 aromatic carbocycles. The van der Waals surface area contributed by atoms with E-state index in [1.165, 1.54) is 0 Å². The molecule has 0 heterocycles. The summed E-state index contributed by atoms with van der Waals surface area (Å²) in [6.07, 6.45) is -7.09. The lowest BCUT2D eigenvalue weighted by Gasteiger charge is -2.33. The van der Waals surface area contributed by atoms with Gasteiger partial charge in [-0.1, -0.05) is 32.9 Å². The van der Waals surface area contributed by atoms with E-state index in [-0.39, 0.29) is 0 Å². The van der Waals surface area contributed by atoms with Gasteiger partial charge in [-0.05, 0) is 23.1 Å². The Morgan fingerprint density at radius 3 is 1.38 bits per heavy atom. The molecule has 0 saturated carbocycles. The van der Waals surface area contributed by atoms with Gasteiger partial charge in [0.05, 0.1) is 4.90 Å². The van der Waals surface area contributed by atoms with E-state index >= 15 is 0 Å². The average molecular weight is 416 g/mol. The number of halogens is 9. The van der Waals surface area contributed by atoms with Gasteiger partial charge in [-0.25, -0.2) is 8.42 Å². The first-order valence-electron chi connectivity index (χ1n) is 6.76. The molecule has 0 aromatic heterocycles. The smallest absolute Gasteiger partial charge is 0.217 e. The molecule has 26 heavy (non-hydrogen) atoms. The zero-order valence-electron chi connectivity index (χ0n) is 13.4. The van der Waals surface area contributed by atoms with E-state index in [9.17, 15) is 47.9 Å². The molecule has 0 unspecified atom stereocenters. The third-order valence-electron chi connectivity index (χ3n) is 3.48. The maximum Gasteiger partial charge on any atom is 0.460 e. The van der Waals surface area contributed by atoms with Crippen molar-refractivity contribution >= 4 is 9.84 Å². The highest BCUT2D eigenvalue weighted by atomic mass is 32.2. The van der Waals surface area contributed by atoms with Crippen LogP contribution in [0.25, 0.3) is 0 Å². The van der Waals surface area contributed by atoms with Gasteiger partial charge < -0.3 is 0 Å². The summed E-state index contributed by atoms with van der Waals surface area (Å²) >= 11 is 0. The largest absolute Gasteiger partial charge is 0.460 e. The van der Waals surface area contributed by atoms with E-state index in [1.807, 2.05) is 0 Å². The second kappa shape index (κ2) is 6.03. The molecule has 0 bridgehead atoms. The van der Waals surface area contributed by atoms with Gasteiger partial charge >= 0.3 is 23.3 Å². The van der Waals surface area contributed by atoms with Crippen molar-refractivity contribution in [2.24, 2.45) is 0 Å². The second-order valence-corrected chi connectivity index (χ2v) is 8.43. The van der Waals surface area contributed by atoms with Crippen LogP contribution in [-0.2, 0) is 15.3 Å². The van der Waals surface area contributed by atoms with Crippen molar-refractivity contribution in [3.05, 3.63) is 29.8 Å². The lowest BCUT2D eigenvalue weighted by Crippen LogP contribution is -2.63. The van der Waals surface area contributed by atoms with Crippen LogP contribution in [0, 0.1) is 0 Å². The Labute approximate surface area is 142 Å². The summed E-state index contributed by atoms with van der Waals surface area (Å²) in [6.45, 7) is 4.93. The standard InChI is InChI=1S/C14H13F9O2S/c1-10(2,3)8-4-6-9(7-5-8)26(24,25)14(22,23)12(17,18)11(15,16)13(19,20)21/h4-7H,1-3H3. The minimum atomic E-state index is -7.28. The SMILES string of the molecule is CC(C)(C)c1ccc(S(=O)(=O)C(F)(F)C(F)(F)C(F)(F)C(F)(F)F)cc1. The highest BCUT2D eigenvalue weighted by Gasteiger charge is 2.85. The fourth-order valence-electron chi connectivity index (χ4n) is 1.81. The molecule has 0 spiro atoms. The number of hydrogen-bond acceptors (Lipinski definition) is 2. The Hall–Kier alpha value is -1.46. The fourth-order valence-corrected chi connectivity index (χ4v) is 3.07. The number of hydrogen-bond donors (Lipinski definition) is 0. The molecule has 150 valence electrons. The van der Waals surface area contributed by atoms with Crippen molar-refractivity contribution in [1.29, 1.82) is 0 Å². The van der Waals surface area contributed by atoms with Crippen LogP contribution in [0.3, 0.4) is 0 Å². The van der Waals surface area contributed by atoms with Gasteiger partial charge in [0.1, 0.15) is 0 Å². The van der Waals surface area contributed by atoms with Crippen LogP contribution in [-0.4, -0.2) is 31.7 Å². The van der Waals surface area contributed by atoms with Crippen LogP contribution < -0.4 is 0 Å². The Morgan fingerprint density at radius 2 is 1.08 bits per heavy atom. The van der Waals surface area contributed by atoms with Gasteiger partial charge in [0, 0.05) is 0 Å². The van der Waals surface area contributed by atoms with Crippen LogP contribution >= 0.6 is 0 Å². The van der Waals surface area contributed by atoms with Gasteiger partial charge in [0.15, 0.2) is 0 Å². The monoisotopic (exact) mass is 416 g/mol. The quantitative estimate of drug-likeness (QED) is 0.634. The van der Waals surface area contributed by atoms with Gasteiger partial charge in [0.25, 0.3) is 0 Å². The van der Waals surface area contributed by atoms with Crippen LogP contribution in [0.15, 0.2) is 29.2 Å². The minimum absolute atomic E-state index is 0.382. The number of benzene rings is 1. The molecule has 12 heteroatoms. The summed E-state index contributed by atoms with van der Waals surface area (Å²) < 4.78 is 139. The molecular formula is C14H13F9O2S. The van der Waals surface area contributed by atoms with Crippen molar-refractivity contribution in [2.75, 3.05) is 0 Å². The molecular weight excluding hydrogens is 403 g/mol. The third-order valence-corrected chi connectivity index (χ3v) is 5.31. The Morgan fingerprint density at radius 1 is 0.692 bits per heavy atom. The predicted molar refractivity (Wildman–Crippen MR) is 73.2 cm³/mol. The zero-order valence-corrected chi connectivity index (χ0v) is 14.3. The van der Waals surface area contributed by atoms with E-state index < -0.39 is 43.4 Å². The molecule has 0 atom stereocenters. The number of sulfone groups is 1. The predicted octanol–water partition coefficient (Wildman–Crippen LogP) is 5.18. The van der Waals surface area contributed by atoms with E-state index in [1.54, 1.807) is 20.8 Å². The lowest BCUT2D eigenvalue weighted by molar-refractivity contribution is -0.382. The van der Waals surface area contributed by atoms with Crippen molar-refractivity contribution < 1.29 is 47.9 Å². The van der Waals surface area contributed by atoms with E-state index in [2.05, 4.69) is 0 Å². The molecule has 2 nitrogen and oxygen atoms in total. The van der Waals surface area contributed by atoms with Crippen LogP contribution in [0.2, 0.25) is 0 Å². The normalized spacial score (nSPS) is 15.2. The Bertz CT molecular complexity index is 757. The molecule has 0 amide bonds. The fraction of sp³-hybridized carbons (Fsp3) is 0.571. The van der Waals surface area contributed by atoms with Crippen LogP contribution in [0.5, 0.6) is 0 Å². The average Bonchev–Trinajstić information content (AvgIpc) is 2.44. The second-order valence-electron chi connectivity index (χ2n) is 6.44. The maximum atomic E-state index is 13.7. The molecule has 0 aliphatic heterocycles.